The number of carbonyl (C=O) groups excluding carboxylic acids is 1. The molecule has 0 unspecified atom stereocenters. The van der Waals surface area contributed by atoms with Crippen LogP contribution in [-0.4, -0.2) is 20.9 Å². The minimum atomic E-state index is -0.469. The topological polar surface area (TPSA) is 85.0 Å². The minimum absolute atomic E-state index is 0.223. The van der Waals surface area contributed by atoms with E-state index in [1.807, 2.05) is 18.2 Å². The Morgan fingerprint density at radius 2 is 1.90 bits per heavy atom. The molecule has 0 aliphatic heterocycles. The van der Waals surface area contributed by atoms with Gasteiger partial charge in [0.05, 0.1) is 16.9 Å². The van der Waals surface area contributed by atoms with Gasteiger partial charge in [-0.1, -0.05) is 29.8 Å². The predicted octanol–water partition coefficient (Wildman–Crippen LogP) is 4.75. The third-order valence-corrected chi connectivity index (χ3v) is 4.59. The van der Waals surface area contributed by atoms with Crippen LogP contribution in [0.5, 0.6) is 0 Å². The van der Waals surface area contributed by atoms with Crippen molar-refractivity contribution in [2.45, 2.75) is 6.92 Å². The van der Waals surface area contributed by atoms with Crippen LogP contribution in [0.4, 0.5) is 21.7 Å². The number of nitrogen functional groups attached to an aromatic ring is 1. The van der Waals surface area contributed by atoms with Crippen molar-refractivity contribution in [3.8, 4) is 11.3 Å². The molecule has 2 aromatic carbocycles. The van der Waals surface area contributed by atoms with Gasteiger partial charge in [0.25, 0.3) is 0 Å². The van der Waals surface area contributed by atoms with E-state index in [0.29, 0.717) is 33.1 Å². The van der Waals surface area contributed by atoms with Gasteiger partial charge in [-0.05, 0) is 30.3 Å². The Balaban J connectivity index is 2.02. The van der Waals surface area contributed by atoms with Gasteiger partial charge in [0.1, 0.15) is 23.8 Å². The summed E-state index contributed by atoms with van der Waals surface area (Å²) in [6.45, 7) is 1.41. The molecule has 0 aliphatic rings. The Hall–Kier alpha value is -3.58. The molecular formula is C21H15ClFN5O. The quantitative estimate of drug-likeness (QED) is 0.529. The van der Waals surface area contributed by atoms with Crippen LogP contribution in [0.2, 0.25) is 5.02 Å². The molecule has 4 rings (SSSR count). The average Bonchev–Trinajstić information content (AvgIpc) is 2.69. The van der Waals surface area contributed by atoms with Crippen LogP contribution < -0.4 is 10.6 Å². The van der Waals surface area contributed by atoms with Gasteiger partial charge >= 0.3 is 0 Å². The van der Waals surface area contributed by atoms with Crippen molar-refractivity contribution in [3.05, 3.63) is 71.8 Å². The van der Waals surface area contributed by atoms with Gasteiger partial charge in [-0.15, -0.1) is 0 Å². The summed E-state index contributed by atoms with van der Waals surface area (Å²) in [5, 5.41) is 1.08. The van der Waals surface area contributed by atoms with Gasteiger partial charge in [0.2, 0.25) is 5.91 Å². The smallest absolute Gasteiger partial charge is 0.229 e. The molecule has 2 heterocycles. The number of para-hydroxylation sites is 1. The molecule has 0 radical (unpaired) electrons. The molecule has 0 saturated heterocycles. The molecule has 2 aromatic heterocycles. The second-order valence-electron chi connectivity index (χ2n) is 6.32. The molecule has 6 nitrogen and oxygen atoms in total. The van der Waals surface area contributed by atoms with Crippen LogP contribution in [-0.2, 0) is 4.79 Å². The summed E-state index contributed by atoms with van der Waals surface area (Å²) >= 11 is 6.06. The first-order valence-electron chi connectivity index (χ1n) is 8.67. The summed E-state index contributed by atoms with van der Waals surface area (Å²) in [6.07, 6.45) is 1.28. The van der Waals surface area contributed by atoms with Gasteiger partial charge in [0, 0.05) is 29.0 Å². The van der Waals surface area contributed by atoms with Gasteiger partial charge in [-0.3, -0.25) is 9.69 Å². The number of fused-ring (bicyclic) bond motifs is 1. The number of carbonyl (C=O) groups is 1. The average molecular weight is 408 g/mol. The Kier molecular flexibility index (Phi) is 4.82. The molecule has 0 bridgehead atoms. The van der Waals surface area contributed by atoms with Crippen LogP contribution in [0, 0.1) is 5.82 Å². The lowest BCUT2D eigenvalue weighted by Crippen LogP contribution is -2.24. The Labute approximate surface area is 170 Å². The maximum Gasteiger partial charge on any atom is 0.229 e. The first kappa shape index (κ1) is 18.8. The van der Waals surface area contributed by atoms with E-state index in [2.05, 4.69) is 15.0 Å². The first-order chi connectivity index (χ1) is 13.9. The second-order valence-corrected chi connectivity index (χ2v) is 6.76. The van der Waals surface area contributed by atoms with Crippen molar-refractivity contribution in [3.63, 3.8) is 0 Å². The fraction of sp³-hybridized carbons (Fsp3) is 0.0476. The lowest BCUT2D eigenvalue weighted by Gasteiger charge is -2.22. The highest BCUT2D eigenvalue weighted by Gasteiger charge is 2.21. The van der Waals surface area contributed by atoms with Crippen molar-refractivity contribution in [2.75, 3.05) is 10.6 Å². The summed E-state index contributed by atoms with van der Waals surface area (Å²) in [5.41, 5.74) is 7.44. The van der Waals surface area contributed by atoms with Crippen LogP contribution in [0.25, 0.3) is 22.2 Å². The molecule has 2 N–H and O–H groups in total. The lowest BCUT2D eigenvalue weighted by molar-refractivity contribution is -0.115. The Morgan fingerprint density at radius 3 is 2.66 bits per heavy atom. The van der Waals surface area contributed by atoms with Crippen LogP contribution in [0.3, 0.4) is 0 Å². The molecule has 4 aromatic rings. The van der Waals surface area contributed by atoms with E-state index < -0.39 is 5.82 Å². The number of hydrogen-bond acceptors (Lipinski definition) is 5. The number of aromatic nitrogens is 3. The minimum Gasteiger partial charge on any atom is -0.384 e. The zero-order valence-corrected chi connectivity index (χ0v) is 16.1. The number of pyridine rings is 1. The van der Waals surface area contributed by atoms with Gasteiger partial charge in [-0.25, -0.2) is 19.3 Å². The molecule has 0 aliphatic carbocycles. The van der Waals surface area contributed by atoms with Gasteiger partial charge in [0.15, 0.2) is 0 Å². The van der Waals surface area contributed by atoms with Crippen molar-refractivity contribution < 1.29 is 9.18 Å². The highest BCUT2D eigenvalue weighted by atomic mass is 35.5. The number of rotatable bonds is 3. The number of benzene rings is 2. The van der Waals surface area contributed by atoms with E-state index in [9.17, 15) is 9.18 Å². The molecule has 0 atom stereocenters. The van der Waals surface area contributed by atoms with Crippen molar-refractivity contribution in [2.24, 2.45) is 0 Å². The molecule has 1 amide bonds. The van der Waals surface area contributed by atoms with E-state index in [4.69, 9.17) is 17.3 Å². The van der Waals surface area contributed by atoms with E-state index in [1.54, 1.807) is 12.1 Å². The number of amides is 1. The summed E-state index contributed by atoms with van der Waals surface area (Å²) in [7, 11) is 0. The summed E-state index contributed by atoms with van der Waals surface area (Å²) in [6, 6.07) is 14.6. The van der Waals surface area contributed by atoms with Gasteiger partial charge in [-0.2, -0.15) is 0 Å². The largest absolute Gasteiger partial charge is 0.384 e. The van der Waals surface area contributed by atoms with E-state index in [0.717, 1.165) is 0 Å². The number of nitrogens with zero attached hydrogens (tertiary/aromatic N) is 4. The standard InChI is InChI=1S/C21H15ClFN5O/c1-12(29)28(21-10-20(24)25-11-26-21)19-9-18(15-8-13(22)6-7-16(15)23)27-17-5-3-2-4-14(17)19/h2-11H,1H3,(H2,24,25,26). The normalized spacial score (nSPS) is 10.9. The molecule has 0 fully saturated rings. The third-order valence-electron chi connectivity index (χ3n) is 4.36. The van der Waals surface area contributed by atoms with Crippen LogP contribution in [0.1, 0.15) is 6.92 Å². The SMILES string of the molecule is CC(=O)N(c1cc(N)ncn1)c1cc(-c2cc(Cl)ccc2F)nc2ccccc12. The summed E-state index contributed by atoms with van der Waals surface area (Å²) in [5.74, 6) is -0.236. The Bertz CT molecular complexity index is 1250. The maximum atomic E-state index is 14.5. The highest BCUT2D eigenvalue weighted by molar-refractivity contribution is 6.30. The van der Waals surface area contributed by atoms with E-state index in [-0.39, 0.29) is 17.3 Å². The van der Waals surface area contributed by atoms with Crippen molar-refractivity contribution >= 4 is 45.7 Å². The molecule has 8 heteroatoms. The van der Waals surface area contributed by atoms with E-state index >= 15 is 0 Å². The molecular weight excluding hydrogens is 393 g/mol. The molecule has 29 heavy (non-hydrogen) atoms. The fourth-order valence-electron chi connectivity index (χ4n) is 3.11. The van der Waals surface area contributed by atoms with Crippen LogP contribution in [0.15, 0.2) is 60.9 Å². The van der Waals surface area contributed by atoms with Crippen LogP contribution >= 0.6 is 11.6 Å². The summed E-state index contributed by atoms with van der Waals surface area (Å²) < 4.78 is 14.5. The maximum absolute atomic E-state index is 14.5. The van der Waals surface area contributed by atoms with E-state index in [1.165, 1.54) is 42.4 Å². The van der Waals surface area contributed by atoms with Gasteiger partial charge < -0.3 is 5.73 Å². The number of anilines is 3. The second kappa shape index (κ2) is 7.44. The number of halogens is 2. The molecule has 144 valence electrons. The zero-order chi connectivity index (χ0) is 20.5. The first-order valence-corrected chi connectivity index (χ1v) is 9.05. The number of hydrogen-bond donors (Lipinski definition) is 1. The third kappa shape index (κ3) is 3.60. The zero-order valence-electron chi connectivity index (χ0n) is 15.3. The molecule has 0 spiro atoms. The monoisotopic (exact) mass is 407 g/mol. The molecule has 0 saturated carbocycles. The predicted molar refractivity (Wildman–Crippen MR) is 111 cm³/mol. The fourth-order valence-corrected chi connectivity index (χ4v) is 3.28. The Morgan fingerprint density at radius 1 is 1.10 bits per heavy atom. The van der Waals surface area contributed by atoms with Crippen molar-refractivity contribution in [1.29, 1.82) is 0 Å². The summed E-state index contributed by atoms with van der Waals surface area (Å²) in [4.78, 5) is 26.6. The van der Waals surface area contributed by atoms with Crippen molar-refractivity contribution in [1.82, 2.24) is 15.0 Å². The lowest BCUT2D eigenvalue weighted by atomic mass is 10.1. The number of nitrogens with two attached hydrogens (primary N) is 1. The highest BCUT2D eigenvalue weighted by Crippen LogP contribution is 2.36.